The molecule has 1 unspecified atom stereocenters. The lowest BCUT2D eigenvalue weighted by atomic mass is 9.98. The maximum atomic E-state index is 11.6. The lowest BCUT2D eigenvalue weighted by Gasteiger charge is -2.33. The minimum absolute atomic E-state index is 0.0784. The van der Waals surface area contributed by atoms with Gasteiger partial charge in [0.05, 0.1) is 19.9 Å². The number of methoxy groups -OCH3 is 2. The van der Waals surface area contributed by atoms with Crippen molar-refractivity contribution >= 4 is 11.5 Å². The first kappa shape index (κ1) is 12.7. The Morgan fingerprint density at radius 2 is 2.06 bits per heavy atom. The summed E-state index contributed by atoms with van der Waals surface area (Å²) in [5.41, 5.74) is 0.996. The van der Waals surface area contributed by atoms with E-state index >= 15 is 0 Å². The summed E-state index contributed by atoms with van der Waals surface area (Å²) in [6, 6.07) is 5.73. The van der Waals surface area contributed by atoms with Crippen LogP contribution in [-0.4, -0.2) is 33.1 Å². The largest absolute Gasteiger partial charge is 0.497 e. The lowest BCUT2D eigenvalue weighted by Crippen LogP contribution is -2.39. The van der Waals surface area contributed by atoms with E-state index in [9.17, 15) is 4.79 Å². The molecule has 1 atom stereocenters. The van der Waals surface area contributed by atoms with Gasteiger partial charge in [-0.15, -0.1) is 0 Å². The summed E-state index contributed by atoms with van der Waals surface area (Å²) >= 11 is 0. The lowest BCUT2D eigenvalue weighted by molar-refractivity contribution is -0.122. The van der Waals surface area contributed by atoms with E-state index < -0.39 is 0 Å². The van der Waals surface area contributed by atoms with Crippen molar-refractivity contribution in [3.8, 4) is 11.5 Å². The molecule has 0 bridgehead atoms. The van der Waals surface area contributed by atoms with E-state index in [-0.39, 0.29) is 5.92 Å². The maximum absolute atomic E-state index is 11.6. The fourth-order valence-corrected chi connectivity index (χ4v) is 2.28. The molecule has 4 heteroatoms. The number of hydrogen-bond acceptors (Lipinski definition) is 4. The zero-order valence-electron chi connectivity index (χ0n) is 11.1. The zero-order chi connectivity index (χ0) is 13.1. The van der Waals surface area contributed by atoms with Gasteiger partial charge < -0.3 is 14.4 Å². The van der Waals surface area contributed by atoms with Crippen molar-refractivity contribution < 1.29 is 14.3 Å². The van der Waals surface area contributed by atoms with Crippen molar-refractivity contribution in [1.82, 2.24) is 0 Å². The fourth-order valence-electron chi connectivity index (χ4n) is 2.28. The average Bonchev–Trinajstić information content (AvgIpc) is 2.41. The monoisotopic (exact) mass is 249 g/mol. The van der Waals surface area contributed by atoms with Gasteiger partial charge in [-0.05, 0) is 12.1 Å². The third-order valence-corrected chi connectivity index (χ3v) is 3.40. The highest BCUT2D eigenvalue weighted by atomic mass is 16.5. The number of carbonyl (C=O) groups excluding carboxylic acids is 1. The number of Topliss-reactive ketones (excluding diaryl/α,β-unsaturated/α-hetero) is 1. The predicted molar refractivity (Wildman–Crippen MR) is 70.5 cm³/mol. The number of anilines is 1. The summed E-state index contributed by atoms with van der Waals surface area (Å²) in [7, 11) is 3.30. The third kappa shape index (κ3) is 2.42. The van der Waals surface area contributed by atoms with Crippen LogP contribution in [0.15, 0.2) is 18.2 Å². The van der Waals surface area contributed by atoms with Gasteiger partial charge in [-0.3, -0.25) is 4.79 Å². The summed E-state index contributed by atoms with van der Waals surface area (Å²) in [5.74, 6) is 2.04. The van der Waals surface area contributed by atoms with E-state index in [0.29, 0.717) is 12.2 Å². The number of nitrogens with zero attached hydrogens (tertiary/aromatic N) is 1. The van der Waals surface area contributed by atoms with Crippen molar-refractivity contribution in [2.45, 2.75) is 13.3 Å². The van der Waals surface area contributed by atoms with Crippen molar-refractivity contribution in [2.24, 2.45) is 5.92 Å². The zero-order valence-corrected chi connectivity index (χ0v) is 11.1. The van der Waals surface area contributed by atoms with Crippen LogP contribution in [0, 0.1) is 5.92 Å². The molecule has 1 aromatic carbocycles. The smallest absolute Gasteiger partial charge is 0.142 e. The summed E-state index contributed by atoms with van der Waals surface area (Å²) < 4.78 is 10.6. The Morgan fingerprint density at radius 3 is 2.67 bits per heavy atom. The predicted octanol–water partition coefficient (Wildman–Crippen LogP) is 2.12. The molecular formula is C14H19NO3. The van der Waals surface area contributed by atoms with Crippen LogP contribution in [0.4, 0.5) is 5.69 Å². The number of ether oxygens (including phenoxy) is 2. The van der Waals surface area contributed by atoms with E-state index in [0.717, 1.165) is 30.3 Å². The fraction of sp³-hybridized carbons (Fsp3) is 0.500. The van der Waals surface area contributed by atoms with Crippen molar-refractivity contribution in [3.63, 3.8) is 0 Å². The van der Waals surface area contributed by atoms with Gasteiger partial charge in [0.25, 0.3) is 0 Å². The molecule has 4 nitrogen and oxygen atoms in total. The number of piperidine rings is 1. The van der Waals surface area contributed by atoms with Gasteiger partial charge >= 0.3 is 0 Å². The standard InChI is InChI=1S/C14H19NO3/c1-10-9-15(7-6-13(10)16)12-8-11(17-2)4-5-14(12)18-3/h4-5,8,10H,6-7,9H2,1-3H3. The number of carbonyl (C=O) groups is 1. The highest BCUT2D eigenvalue weighted by Gasteiger charge is 2.25. The highest BCUT2D eigenvalue weighted by Crippen LogP contribution is 2.34. The Bertz CT molecular complexity index is 445. The third-order valence-electron chi connectivity index (χ3n) is 3.40. The second-order valence-electron chi connectivity index (χ2n) is 4.60. The Kier molecular flexibility index (Phi) is 3.75. The van der Waals surface area contributed by atoms with Gasteiger partial charge in [-0.2, -0.15) is 0 Å². The quantitative estimate of drug-likeness (QED) is 0.822. The first-order valence-electron chi connectivity index (χ1n) is 6.15. The van der Waals surface area contributed by atoms with Gasteiger partial charge in [0.1, 0.15) is 17.3 Å². The second kappa shape index (κ2) is 5.29. The topological polar surface area (TPSA) is 38.8 Å². The van der Waals surface area contributed by atoms with Gasteiger partial charge in [0.2, 0.25) is 0 Å². The minimum Gasteiger partial charge on any atom is -0.497 e. The Morgan fingerprint density at radius 1 is 1.28 bits per heavy atom. The molecule has 0 saturated carbocycles. The summed E-state index contributed by atoms with van der Waals surface area (Å²) in [4.78, 5) is 13.8. The van der Waals surface area contributed by atoms with Crippen LogP contribution in [0.3, 0.4) is 0 Å². The van der Waals surface area contributed by atoms with Crippen LogP contribution >= 0.6 is 0 Å². The summed E-state index contributed by atoms with van der Waals surface area (Å²) in [5, 5.41) is 0. The molecule has 1 fully saturated rings. The number of rotatable bonds is 3. The van der Waals surface area contributed by atoms with Crippen LogP contribution in [0.2, 0.25) is 0 Å². The van der Waals surface area contributed by atoms with Crippen LogP contribution in [0.5, 0.6) is 11.5 Å². The highest BCUT2D eigenvalue weighted by molar-refractivity contribution is 5.83. The Balaban J connectivity index is 2.28. The normalized spacial score (nSPS) is 19.8. The van der Waals surface area contributed by atoms with Gasteiger partial charge in [-0.25, -0.2) is 0 Å². The molecule has 0 aromatic heterocycles. The molecule has 1 aromatic rings. The molecular weight excluding hydrogens is 230 g/mol. The molecule has 0 spiro atoms. The van der Waals surface area contributed by atoms with E-state index in [2.05, 4.69) is 4.90 Å². The maximum Gasteiger partial charge on any atom is 0.142 e. The van der Waals surface area contributed by atoms with Crippen LogP contribution in [0.1, 0.15) is 13.3 Å². The Labute approximate surface area is 107 Å². The van der Waals surface area contributed by atoms with Gasteiger partial charge in [0.15, 0.2) is 0 Å². The van der Waals surface area contributed by atoms with Gasteiger partial charge in [0, 0.05) is 31.5 Å². The molecule has 1 saturated heterocycles. The van der Waals surface area contributed by atoms with Gasteiger partial charge in [-0.1, -0.05) is 6.92 Å². The summed E-state index contributed by atoms with van der Waals surface area (Å²) in [6.07, 6.45) is 0.599. The van der Waals surface area contributed by atoms with Crippen molar-refractivity contribution in [2.75, 3.05) is 32.2 Å². The Hall–Kier alpha value is -1.71. The molecule has 0 radical (unpaired) electrons. The molecule has 2 rings (SSSR count). The first-order valence-corrected chi connectivity index (χ1v) is 6.15. The van der Waals surface area contributed by atoms with Crippen LogP contribution in [0.25, 0.3) is 0 Å². The van der Waals surface area contributed by atoms with E-state index in [1.165, 1.54) is 0 Å². The van der Waals surface area contributed by atoms with E-state index in [1.807, 2.05) is 25.1 Å². The van der Waals surface area contributed by atoms with Crippen molar-refractivity contribution in [3.05, 3.63) is 18.2 Å². The molecule has 98 valence electrons. The number of benzene rings is 1. The number of hydrogen-bond donors (Lipinski definition) is 0. The molecule has 0 amide bonds. The molecule has 0 aliphatic carbocycles. The molecule has 0 N–H and O–H groups in total. The number of ketones is 1. The molecule has 1 aliphatic heterocycles. The average molecular weight is 249 g/mol. The molecule has 1 heterocycles. The molecule has 1 aliphatic rings. The van der Waals surface area contributed by atoms with Crippen LogP contribution in [-0.2, 0) is 4.79 Å². The first-order chi connectivity index (χ1) is 8.65. The second-order valence-corrected chi connectivity index (χ2v) is 4.60. The van der Waals surface area contributed by atoms with Crippen LogP contribution < -0.4 is 14.4 Å². The van der Waals surface area contributed by atoms with E-state index in [4.69, 9.17) is 9.47 Å². The summed E-state index contributed by atoms with van der Waals surface area (Å²) in [6.45, 7) is 3.45. The SMILES string of the molecule is COc1ccc(OC)c(N2CCC(=O)C(C)C2)c1. The van der Waals surface area contributed by atoms with E-state index in [1.54, 1.807) is 14.2 Å². The minimum atomic E-state index is 0.0784. The van der Waals surface area contributed by atoms with Crippen molar-refractivity contribution in [1.29, 1.82) is 0 Å². The molecule has 18 heavy (non-hydrogen) atoms.